The molecule has 0 bridgehead atoms. The van der Waals surface area contributed by atoms with E-state index in [2.05, 4.69) is 19.3 Å². The summed E-state index contributed by atoms with van der Waals surface area (Å²) < 4.78 is 0. The standard InChI is InChI=1S/C8H17N.C3H8O/c1-3-4-5-7-6-8(7)9-2;1-2-3-4/h7-9H,3-6H2,1-2H3;4H,2-3H2,1H3. The Hall–Kier alpha value is -0.0800. The summed E-state index contributed by atoms with van der Waals surface area (Å²) in [7, 11) is 2.07. The summed E-state index contributed by atoms with van der Waals surface area (Å²) in [6.07, 6.45) is 6.52. The number of aliphatic hydroxyl groups is 1. The highest BCUT2D eigenvalue weighted by atomic mass is 16.2. The molecule has 80 valence electrons. The summed E-state index contributed by atoms with van der Waals surface area (Å²) in [5.74, 6) is 1.02. The van der Waals surface area contributed by atoms with Gasteiger partial charge in [0.25, 0.3) is 0 Å². The highest BCUT2D eigenvalue weighted by Gasteiger charge is 2.34. The van der Waals surface area contributed by atoms with Crippen LogP contribution in [-0.4, -0.2) is 24.8 Å². The van der Waals surface area contributed by atoms with E-state index in [4.69, 9.17) is 5.11 Å². The van der Waals surface area contributed by atoms with Crippen molar-refractivity contribution in [2.24, 2.45) is 5.92 Å². The minimum absolute atomic E-state index is 0.319. The first-order valence-electron chi connectivity index (χ1n) is 5.58. The molecule has 2 heteroatoms. The second-order valence-electron chi connectivity index (χ2n) is 3.76. The number of aliphatic hydroxyl groups excluding tert-OH is 1. The molecule has 2 nitrogen and oxygen atoms in total. The smallest absolute Gasteiger partial charge is 0.0428 e. The molecule has 0 heterocycles. The van der Waals surface area contributed by atoms with Crippen LogP contribution < -0.4 is 5.32 Å². The van der Waals surface area contributed by atoms with Gasteiger partial charge in [-0.3, -0.25) is 0 Å². The predicted octanol–water partition coefficient (Wildman–Crippen LogP) is 2.17. The molecule has 2 N–H and O–H groups in total. The first-order chi connectivity index (χ1) is 6.29. The molecule has 0 aliphatic heterocycles. The number of hydrogen-bond acceptors (Lipinski definition) is 2. The molecule has 1 rings (SSSR count). The van der Waals surface area contributed by atoms with Crippen LogP contribution in [0.25, 0.3) is 0 Å². The number of nitrogens with one attached hydrogen (secondary N) is 1. The summed E-state index contributed by atoms with van der Waals surface area (Å²) in [6.45, 7) is 4.51. The van der Waals surface area contributed by atoms with Gasteiger partial charge in [-0.1, -0.05) is 26.7 Å². The van der Waals surface area contributed by atoms with Crippen molar-refractivity contribution < 1.29 is 5.11 Å². The average molecular weight is 187 g/mol. The van der Waals surface area contributed by atoms with E-state index >= 15 is 0 Å². The molecule has 0 aromatic heterocycles. The van der Waals surface area contributed by atoms with Crippen LogP contribution in [-0.2, 0) is 0 Å². The van der Waals surface area contributed by atoms with Gasteiger partial charge in [-0.2, -0.15) is 0 Å². The van der Waals surface area contributed by atoms with Crippen LogP contribution >= 0.6 is 0 Å². The van der Waals surface area contributed by atoms with E-state index in [1.165, 1.54) is 25.7 Å². The first kappa shape index (κ1) is 12.9. The van der Waals surface area contributed by atoms with Crippen molar-refractivity contribution in [3.8, 4) is 0 Å². The average Bonchev–Trinajstić information content (AvgIpc) is 2.94. The molecular formula is C11H25NO. The molecule has 1 aliphatic rings. The summed E-state index contributed by atoms with van der Waals surface area (Å²) in [5.41, 5.74) is 0. The predicted molar refractivity (Wildman–Crippen MR) is 57.9 cm³/mol. The van der Waals surface area contributed by atoms with Crippen LogP contribution in [0.4, 0.5) is 0 Å². The Morgan fingerprint density at radius 3 is 2.23 bits per heavy atom. The monoisotopic (exact) mass is 187 g/mol. The van der Waals surface area contributed by atoms with Gasteiger partial charge in [0, 0.05) is 12.6 Å². The van der Waals surface area contributed by atoms with Gasteiger partial charge in [-0.05, 0) is 32.2 Å². The highest BCUT2D eigenvalue weighted by Crippen LogP contribution is 2.34. The molecule has 2 unspecified atom stereocenters. The fourth-order valence-corrected chi connectivity index (χ4v) is 1.39. The molecule has 0 aromatic rings. The Kier molecular flexibility index (Phi) is 8.46. The Balaban J connectivity index is 0.000000310. The van der Waals surface area contributed by atoms with Gasteiger partial charge >= 0.3 is 0 Å². The van der Waals surface area contributed by atoms with Crippen LogP contribution in [0, 0.1) is 5.92 Å². The summed E-state index contributed by atoms with van der Waals surface area (Å²) in [4.78, 5) is 0. The summed E-state index contributed by atoms with van der Waals surface area (Å²) in [6, 6.07) is 0.872. The van der Waals surface area contributed by atoms with Gasteiger partial charge in [-0.15, -0.1) is 0 Å². The van der Waals surface area contributed by atoms with Crippen molar-refractivity contribution in [2.75, 3.05) is 13.7 Å². The fraction of sp³-hybridized carbons (Fsp3) is 1.00. The van der Waals surface area contributed by atoms with E-state index in [1.807, 2.05) is 6.92 Å². The van der Waals surface area contributed by atoms with Crippen molar-refractivity contribution in [3.63, 3.8) is 0 Å². The van der Waals surface area contributed by atoms with Crippen molar-refractivity contribution in [1.82, 2.24) is 5.32 Å². The van der Waals surface area contributed by atoms with E-state index in [1.54, 1.807) is 0 Å². The van der Waals surface area contributed by atoms with Gasteiger partial charge in [0.05, 0.1) is 0 Å². The minimum atomic E-state index is 0.319. The molecule has 0 spiro atoms. The van der Waals surface area contributed by atoms with Gasteiger partial charge in [0.15, 0.2) is 0 Å². The third-order valence-corrected chi connectivity index (χ3v) is 2.45. The third-order valence-electron chi connectivity index (χ3n) is 2.45. The Morgan fingerprint density at radius 1 is 1.31 bits per heavy atom. The van der Waals surface area contributed by atoms with Gasteiger partial charge in [0.2, 0.25) is 0 Å². The molecule has 0 aromatic carbocycles. The minimum Gasteiger partial charge on any atom is -0.396 e. The van der Waals surface area contributed by atoms with Crippen molar-refractivity contribution >= 4 is 0 Å². The largest absolute Gasteiger partial charge is 0.396 e. The van der Waals surface area contributed by atoms with E-state index in [0.29, 0.717) is 6.61 Å². The third kappa shape index (κ3) is 7.03. The number of unbranched alkanes of at least 4 members (excludes halogenated alkanes) is 1. The van der Waals surface area contributed by atoms with Crippen molar-refractivity contribution in [3.05, 3.63) is 0 Å². The molecule has 2 atom stereocenters. The Morgan fingerprint density at radius 2 is 1.92 bits per heavy atom. The number of rotatable bonds is 5. The quantitative estimate of drug-likeness (QED) is 0.691. The molecule has 13 heavy (non-hydrogen) atoms. The maximum atomic E-state index is 7.88. The lowest BCUT2D eigenvalue weighted by Gasteiger charge is -1.94. The summed E-state index contributed by atoms with van der Waals surface area (Å²) >= 11 is 0. The molecule has 0 radical (unpaired) electrons. The second-order valence-corrected chi connectivity index (χ2v) is 3.76. The van der Waals surface area contributed by atoms with E-state index in [-0.39, 0.29) is 0 Å². The zero-order valence-electron chi connectivity index (χ0n) is 9.34. The van der Waals surface area contributed by atoms with E-state index in [0.717, 1.165) is 18.4 Å². The lowest BCUT2D eigenvalue weighted by atomic mass is 10.2. The zero-order valence-corrected chi connectivity index (χ0v) is 9.34. The van der Waals surface area contributed by atoms with Crippen LogP contribution in [0.15, 0.2) is 0 Å². The van der Waals surface area contributed by atoms with Crippen LogP contribution in [0.1, 0.15) is 46.0 Å². The Bertz CT molecular complexity index is 104. The molecule has 1 aliphatic carbocycles. The van der Waals surface area contributed by atoms with Crippen LogP contribution in [0.5, 0.6) is 0 Å². The van der Waals surface area contributed by atoms with Gasteiger partial charge in [0.1, 0.15) is 0 Å². The second kappa shape index (κ2) is 8.52. The molecule has 0 amide bonds. The topological polar surface area (TPSA) is 32.3 Å². The lowest BCUT2D eigenvalue weighted by molar-refractivity contribution is 0.295. The van der Waals surface area contributed by atoms with Crippen molar-refractivity contribution in [2.45, 2.75) is 52.0 Å². The van der Waals surface area contributed by atoms with Gasteiger partial charge < -0.3 is 10.4 Å². The highest BCUT2D eigenvalue weighted by molar-refractivity contribution is 4.91. The fourth-order valence-electron chi connectivity index (χ4n) is 1.39. The van der Waals surface area contributed by atoms with E-state index in [9.17, 15) is 0 Å². The normalized spacial score (nSPS) is 24.9. The summed E-state index contributed by atoms with van der Waals surface area (Å²) in [5, 5.41) is 11.2. The molecule has 0 saturated heterocycles. The molecule has 1 saturated carbocycles. The van der Waals surface area contributed by atoms with Crippen molar-refractivity contribution in [1.29, 1.82) is 0 Å². The van der Waals surface area contributed by atoms with Crippen LogP contribution in [0.3, 0.4) is 0 Å². The molecular weight excluding hydrogens is 162 g/mol. The maximum Gasteiger partial charge on any atom is 0.0428 e. The first-order valence-corrected chi connectivity index (χ1v) is 5.58. The number of hydrogen-bond donors (Lipinski definition) is 2. The zero-order chi connectivity index (χ0) is 10.1. The lowest BCUT2D eigenvalue weighted by Crippen LogP contribution is -2.10. The molecule has 1 fully saturated rings. The Labute approximate surface area is 82.7 Å². The van der Waals surface area contributed by atoms with E-state index < -0.39 is 0 Å². The SMILES string of the molecule is CCCCC1CC1NC.CCCO. The van der Waals surface area contributed by atoms with Crippen LogP contribution in [0.2, 0.25) is 0 Å². The van der Waals surface area contributed by atoms with Gasteiger partial charge in [-0.25, -0.2) is 0 Å². The maximum absolute atomic E-state index is 7.88.